The van der Waals surface area contributed by atoms with Gasteiger partial charge in [-0.2, -0.15) is 0 Å². The molecule has 0 radical (unpaired) electrons. The highest BCUT2D eigenvalue weighted by Crippen LogP contribution is 2.32. The molecule has 0 fully saturated rings. The Hall–Kier alpha value is -3.98. The first-order valence-corrected chi connectivity index (χ1v) is 14.5. The number of hydrogen-bond acceptors (Lipinski definition) is 6. The van der Waals surface area contributed by atoms with E-state index >= 15 is 0 Å². The zero-order valence-corrected chi connectivity index (χ0v) is 27.0. The van der Waals surface area contributed by atoms with Crippen molar-refractivity contribution in [2.75, 3.05) is 44.6 Å². The van der Waals surface area contributed by atoms with Crippen molar-refractivity contribution in [2.24, 2.45) is 5.73 Å². The minimum atomic E-state index is -0.842. The highest BCUT2D eigenvalue weighted by molar-refractivity contribution is 6.01. The van der Waals surface area contributed by atoms with Crippen molar-refractivity contribution in [1.82, 2.24) is 14.8 Å². The molecule has 3 rings (SSSR count). The molecule has 1 aliphatic rings. The van der Waals surface area contributed by atoms with E-state index in [0.29, 0.717) is 29.1 Å². The summed E-state index contributed by atoms with van der Waals surface area (Å²) >= 11 is 0. The van der Waals surface area contributed by atoms with Crippen LogP contribution in [0.4, 0.5) is 15.9 Å². The molecule has 2 amide bonds. The minimum absolute atomic E-state index is 0.0735. The third-order valence-electron chi connectivity index (χ3n) is 6.42. The van der Waals surface area contributed by atoms with Crippen LogP contribution in [0.25, 0.3) is 11.6 Å². The summed E-state index contributed by atoms with van der Waals surface area (Å²) in [5.74, 6) is -0.916. The molecular weight excluding hydrogens is 531 g/mol. The number of hydrogen-bond donors (Lipinski definition) is 2. The zero-order valence-electron chi connectivity index (χ0n) is 27.0. The average Bonchev–Trinajstić information content (AvgIpc) is 2.95. The fraction of sp³-hybridized carbons (Fsp3) is 0.424. The number of aromatic nitrogens is 1. The van der Waals surface area contributed by atoms with Gasteiger partial charge in [0.2, 0.25) is 0 Å². The molecule has 230 valence electrons. The fourth-order valence-corrected chi connectivity index (χ4v) is 4.65. The number of carbonyl (C=O) groups excluding carboxylic acids is 2. The van der Waals surface area contributed by atoms with E-state index in [1.807, 2.05) is 53.7 Å². The number of nitrogens with two attached hydrogens (primary N) is 2. The summed E-state index contributed by atoms with van der Waals surface area (Å²) in [6.45, 7) is 17.5. The van der Waals surface area contributed by atoms with Crippen molar-refractivity contribution in [2.45, 2.75) is 61.8 Å². The summed E-state index contributed by atoms with van der Waals surface area (Å²) in [6.07, 6.45) is 7.39. The lowest BCUT2D eigenvalue weighted by Crippen LogP contribution is -2.30. The first kappa shape index (κ1) is 36.0. The molecule has 0 saturated heterocycles. The Morgan fingerprint density at radius 1 is 1.12 bits per heavy atom. The third kappa shape index (κ3) is 9.55. The highest BCUT2D eigenvalue weighted by Gasteiger charge is 2.21. The van der Waals surface area contributed by atoms with Gasteiger partial charge in [0.1, 0.15) is 0 Å². The maximum atomic E-state index is 14.9. The van der Waals surface area contributed by atoms with Gasteiger partial charge in [-0.25, -0.2) is 0 Å². The first-order chi connectivity index (χ1) is 19.9. The zero-order chi connectivity index (χ0) is 32.1. The average molecular weight is 581 g/mol. The van der Waals surface area contributed by atoms with Crippen LogP contribution in [0.3, 0.4) is 0 Å². The number of anilines is 2. The van der Waals surface area contributed by atoms with E-state index in [2.05, 4.69) is 16.0 Å². The molecule has 2 heterocycles. The second kappa shape index (κ2) is 17.1. The molecule has 4 N–H and O–H groups in total. The van der Waals surface area contributed by atoms with Crippen LogP contribution in [0.15, 0.2) is 47.8 Å². The molecule has 0 saturated carbocycles. The summed E-state index contributed by atoms with van der Waals surface area (Å²) in [4.78, 5) is 32.7. The maximum Gasteiger partial charge on any atom is 0.280 e. The van der Waals surface area contributed by atoms with E-state index in [9.17, 15) is 14.1 Å². The second-order valence-electron chi connectivity index (χ2n) is 10.00. The predicted octanol–water partition coefficient (Wildman–Crippen LogP) is 6.31. The lowest BCUT2D eigenvalue weighted by molar-refractivity contribution is -0.116. The Kier molecular flexibility index (Phi) is 14.7. The molecular formula is C33H49FN6O2. The number of pyridine rings is 1. The lowest BCUT2D eigenvalue weighted by atomic mass is 9.92. The van der Waals surface area contributed by atoms with Gasteiger partial charge >= 0.3 is 0 Å². The standard InChI is InChI=1S/C29H37FN6O2.2C2H6/c1-18(13-24-21(4)33-10-7-26(24)36(30)27(37)15-20(3)31)17-35-11-8-22(9-12-35)28-19(2)14-23(16-25(28)32)29(38)34(5)6;2*1-2/h7-8,10,13-16H,9,11-12,17,31-32H2,1-6H3;2*1-2H3/b18-13+,20-15+;;. The molecule has 0 bridgehead atoms. The molecule has 1 aromatic heterocycles. The number of nitrogen functional groups attached to an aromatic ring is 1. The number of nitrogens with zero attached hydrogens (tertiary/aromatic N) is 4. The van der Waals surface area contributed by atoms with Crippen molar-refractivity contribution < 1.29 is 14.1 Å². The SMILES string of the molecule is C/C(N)=C\C(=O)N(F)c1ccnc(C)c1/C=C(\C)CN1CC=C(c2c(C)cc(C(=O)N(C)C)cc2N)CC1.CC.CC. The van der Waals surface area contributed by atoms with E-state index in [4.69, 9.17) is 11.5 Å². The summed E-state index contributed by atoms with van der Waals surface area (Å²) in [6, 6.07) is 5.12. The molecule has 0 aliphatic carbocycles. The molecule has 42 heavy (non-hydrogen) atoms. The Bertz CT molecular complexity index is 1300. The van der Waals surface area contributed by atoms with Crippen LogP contribution in [0.1, 0.15) is 80.7 Å². The molecule has 8 nitrogen and oxygen atoms in total. The van der Waals surface area contributed by atoms with Crippen LogP contribution in [0, 0.1) is 13.8 Å². The smallest absolute Gasteiger partial charge is 0.280 e. The number of allylic oxidation sites excluding steroid dienone is 1. The predicted molar refractivity (Wildman–Crippen MR) is 175 cm³/mol. The maximum absolute atomic E-state index is 14.9. The number of halogens is 1. The second-order valence-corrected chi connectivity index (χ2v) is 10.00. The summed E-state index contributed by atoms with van der Waals surface area (Å²) in [5, 5.41) is 0.101. The van der Waals surface area contributed by atoms with Crippen molar-refractivity contribution >= 4 is 34.8 Å². The number of aryl methyl sites for hydroxylation is 2. The molecule has 0 spiro atoms. The van der Waals surface area contributed by atoms with Crippen molar-refractivity contribution in [3.63, 3.8) is 0 Å². The normalized spacial score (nSPS) is 13.6. The van der Waals surface area contributed by atoms with Gasteiger partial charge in [0.25, 0.3) is 11.8 Å². The highest BCUT2D eigenvalue weighted by atomic mass is 19.2. The summed E-state index contributed by atoms with van der Waals surface area (Å²) in [5.41, 5.74) is 18.8. The Morgan fingerprint density at radius 2 is 1.76 bits per heavy atom. The van der Waals surface area contributed by atoms with Crippen LogP contribution in [0.5, 0.6) is 0 Å². The van der Waals surface area contributed by atoms with Crippen molar-refractivity contribution in [1.29, 1.82) is 0 Å². The van der Waals surface area contributed by atoms with Crippen LogP contribution < -0.4 is 16.6 Å². The van der Waals surface area contributed by atoms with E-state index in [1.165, 1.54) is 24.8 Å². The van der Waals surface area contributed by atoms with Gasteiger partial charge in [0.05, 0.1) is 5.69 Å². The van der Waals surface area contributed by atoms with E-state index in [-0.39, 0.29) is 22.4 Å². The van der Waals surface area contributed by atoms with Crippen molar-refractivity contribution in [3.05, 3.63) is 75.8 Å². The number of carbonyl (C=O) groups is 2. The molecule has 1 aliphatic heterocycles. The summed E-state index contributed by atoms with van der Waals surface area (Å²) < 4.78 is 14.9. The van der Waals surface area contributed by atoms with Gasteiger partial charge in [-0.15, -0.1) is 5.12 Å². The van der Waals surface area contributed by atoms with Gasteiger partial charge in [0.15, 0.2) is 0 Å². The van der Waals surface area contributed by atoms with Gasteiger partial charge < -0.3 is 16.4 Å². The third-order valence-corrected chi connectivity index (χ3v) is 6.42. The van der Waals surface area contributed by atoms with Gasteiger partial charge in [-0.1, -0.05) is 49.9 Å². The number of benzene rings is 1. The monoisotopic (exact) mass is 580 g/mol. The van der Waals surface area contributed by atoms with Crippen LogP contribution in [-0.2, 0) is 4.79 Å². The van der Waals surface area contributed by atoms with Gasteiger partial charge in [0, 0.05) is 79.8 Å². The van der Waals surface area contributed by atoms with E-state index < -0.39 is 5.91 Å². The first-order valence-electron chi connectivity index (χ1n) is 14.5. The summed E-state index contributed by atoms with van der Waals surface area (Å²) in [7, 11) is 3.44. The Balaban J connectivity index is 0.00000211. The van der Waals surface area contributed by atoms with Crippen LogP contribution in [0.2, 0.25) is 0 Å². The minimum Gasteiger partial charge on any atom is -0.402 e. The van der Waals surface area contributed by atoms with Gasteiger partial charge in [-0.05, 0) is 63.5 Å². The molecule has 2 aromatic rings. The largest absolute Gasteiger partial charge is 0.402 e. The van der Waals surface area contributed by atoms with Crippen LogP contribution >= 0.6 is 0 Å². The molecule has 1 aromatic carbocycles. The van der Waals surface area contributed by atoms with Crippen molar-refractivity contribution in [3.8, 4) is 0 Å². The number of amides is 2. The van der Waals surface area contributed by atoms with E-state index in [1.54, 1.807) is 32.0 Å². The molecule has 0 unspecified atom stereocenters. The van der Waals surface area contributed by atoms with Gasteiger partial charge in [-0.3, -0.25) is 19.5 Å². The van der Waals surface area contributed by atoms with E-state index in [0.717, 1.165) is 42.3 Å². The molecule has 9 heteroatoms. The fourth-order valence-electron chi connectivity index (χ4n) is 4.65. The topological polar surface area (TPSA) is 109 Å². The quantitative estimate of drug-likeness (QED) is 0.226. The van der Waals surface area contributed by atoms with Crippen LogP contribution in [-0.4, -0.2) is 60.3 Å². The number of rotatable bonds is 7. The molecule has 0 atom stereocenters. The Morgan fingerprint density at radius 3 is 2.29 bits per heavy atom. The Labute approximate surface area is 251 Å². The lowest BCUT2D eigenvalue weighted by Gasteiger charge is -2.28.